The number of Topliss-reactive ketones (excluding diaryl/α,β-unsaturated/α-hetero) is 1. The Bertz CT molecular complexity index is 968. The van der Waals surface area contributed by atoms with Gasteiger partial charge in [-0.3, -0.25) is 9.59 Å². The van der Waals surface area contributed by atoms with Gasteiger partial charge in [0.25, 0.3) is 11.7 Å². The maximum atomic E-state index is 12.3. The van der Waals surface area contributed by atoms with Gasteiger partial charge in [-0.2, -0.15) is 5.26 Å². The highest BCUT2D eigenvalue weighted by atomic mass is 16.5. The molecule has 3 rings (SSSR count). The van der Waals surface area contributed by atoms with E-state index < -0.39 is 17.7 Å². The molecule has 0 fully saturated rings. The van der Waals surface area contributed by atoms with Crippen molar-refractivity contribution in [3.8, 4) is 6.07 Å². The SMILES string of the molecule is COC(=O)/C=C/c1ccc2c(c1)C(=O)C(=O)N2Cc1ccc(C#N)cc1. The predicted molar refractivity (Wildman–Crippen MR) is 94.2 cm³/mol. The number of amides is 1. The van der Waals surface area contributed by atoms with Crippen LogP contribution in [0.4, 0.5) is 5.69 Å². The molecule has 2 aromatic carbocycles. The maximum Gasteiger partial charge on any atom is 0.330 e. The number of rotatable bonds is 4. The molecule has 0 spiro atoms. The van der Waals surface area contributed by atoms with Crippen LogP contribution in [0.1, 0.15) is 27.0 Å². The number of nitrogens with zero attached hydrogens (tertiary/aromatic N) is 2. The Balaban J connectivity index is 1.88. The molecule has 6 nitrogen and oxygen atoms in total. The van der Waals surface area contributed by atoms with Crippen LogP contribution < -0.4 is 4.90 Å². The van der Waals surface area contributed by atoms with Crippen LogP contribution in [0, 0.1) is 11.3 Å². The first-order valence-corrected chi connectivity index (χ1v) is 7.79. The number of hydrogen-bond acceptors (Lipinski definition) is 5. The average Bonchev–Trinajstić information content (AvgIpc) is 2.91. The average molecular weight is 346 g/mol. The smallest absolute Gasteiger partial charge is 0.330 e. The minimum atomic E-state index is -0.599. The van der Waals surface area contributed by atoms with Crippen LogP contribution in [0.3, 0.4) is 0 Å². The van der Waals surface area contributed by atoms with Crippen molar-refractivity contribution >= 4 is 29.4 Å². The van der Waals surface area contributed by atoms with Crippen LogP contribution in [0.15, 0.2) is 48.5 Å². The van der Waals surface area contributed by atoms with Crippen LogP contribution in [-0.4, -0.2) is 24.8 Å². The van der Waals surface area contributed by atoms with Crippen molar-refractivity contribution in [2.24, 2.45) is 0 Å². The summed E-state index contributed by atoms with van der Waals surface area (Å²) < 4.78 is 4.53. The van der Waals surface area contributed by atoms with Gasteiger partial charge in [0.15, 0.2) is 0 Å². The number of anilines is 1. The van der Waals surface area contributed by atoms with Crippen LogP contribution >= 0.6 is 0 Å². The van der Waals surface area contributed by atoms with Gasteiger partial charge < -0.3 is 9.64 Å². The Morgan fingerprint density at radius 1 is 1.19 bits per heavy atom. The van der Waals surface area contributed by atoms with Crippen molar-refractivity contribution in [1.82, 2.24) is 0 Å². The van der Waals surface area contributed by atoms with Gasteiger partial charge in [-0.25, -0.2) is 4.79 Å². The van der Waals surface area contributed by atoms with Crippen molar-refractivity contribution in [2.75, 3.05) is 12.0 Å². The molecule has 0 aliphatic carbocycles. The molecule has 128 valence electrons. The van der Waals surface area contributed by atoms with E-state index in [1.807, 2.05) is 6.07 Å². The molecule has 0 N–H and O–H groups in total. The molecule has 2 aromatic rings. The second-order valence-corrected chi connectivity index (χ2v) is 5.66. The van der Waals surface area contributed by atoms with E-state index in [-0.39, 0.29) is 6.54 Å². The Morgan fingerprint density at radius 2 is 1.92 bits per heavy atom. The van der Waals surface area contributed by atoms with E-state index in [4.69, 9.17) is 5.26 Å². The maximum absolute atomic E-state index is 12.3. The lowest BCUT2D eigenvalue weighted by atomic mass is 10.1. The topological polar surface area (TPSA) is 87.5 Å². The summed E-state index contributed by atoms with van der Waals surface area (Å²) in [4.78, 5) is 37.2. The fourth-order valence-corrected chi connectivity index (χ4v) is 2.68. The first-order valence-electron chi connectivity index (χ1n) is 7.79. The fraction of sp³-hybridized carbons (Fsp3) is 0.100. The zero-order valence-corrected chi connectivity index (χ0v) is 13.9. The molecular formula is C20H14N2O4. The van der Waals surface area contributed by atoms with Gasteiger partial charge in [0.05, 0.1) is 36.5 Å². The monoisotopic (exact) mass is 346 g/mol. The number of nitriles is 1. The van der Waals surface area contributed by atoms with E-state index in [0.717, 1.165) is 5.56 Å². The molecule has 0 atom stereocenters. The number of benzene rings is 2. The second-order valence-electron chi connectivity index (χ2n) is 5.66. The molecule has 1 aliphatic rings. The van der Waals surface area contributed by atoms with Gasteiger partial charge >= 0.3 is 5.97 Å². The zero-order chi connectivity index (χ0) is 18.7. The summed E-state index contributed by atoms with van der Waals surface area (Å²) in [5, 5.41) is 8.85. The Labute approximate surface area is 149 Å². The molecule has 0 radical (unpaired) electrons. The minimum Gasteiger partial charge on any atom is -0.466 e. The largest absolute Gasteiger partial charge is 0.466 e. The Kier molecular flexibility index (Phi) is 4.63. The number of hydrogen-bond donors (Lipinski definition) is 0. The van der Waals surface area contributed by atoms with Crippen molar-refractivity contribution < 1.29 is 19.1 Å². The van der Waals surface area contributed by atoms with Gasteiger partial charge in [0.2, 0.25) is 0 Å². The molecule has 1 amide bonds. The fourth-order valence-electron chi connectivity index (χ4n) is 2.68. The molecule has 1 heterocycles. The highest BCUT2D eigenvalue weighted by molar-refractivity contribution is 6.52. The quantitative estimate of drug-likeness (QED) is 0.482. The van der Waals surface area contributed by atoms with E-state index in [1.54, 1.807) is 42.5 Å². The molecular weight excluding hydrogens is 332 g/mol. The lowest BCUT2D eigenvalue weighted by Gasteiger charge is -2.16. The molecule has 6 heteroatoms. The zero-order valence-electron chi connectivity index (χ0n) is 13.9. The van der Waals surface area contributed by atoms with Crippen molar-refractivity contribution in [1.29, 1.82) is 5.26 Å². The van der Waals surface area contributed by atoms with Crippen molar-refractivity contribution in [3.63, 3.8) is 0 Å². The molecule has 26 heavy (non-hydrogen) atoms. The summed E-state index contributed by atoms with van der Waals surface area (Å²) in [5.41, 5.74) is 2.79. The molecule has 0 aromatic heterocycles. The van der Waals surface area contributed by atoms with Gasteiger partial charge in [0.1, 0.15) is 0 Å². The summed E-state index contributed by atoms with van der Waals surface area (Å²) >= 11 is 0. The Hall–Kier alpha value is -3.72. The number of ketones is 1. The van der Waals surface area contributed by atoms with Gasteiger partial charge in [0, 0.05) is 6.08 Å². The first-order chi connectivity index (χ1) is 12.5. The molecule has 0 saturated carbocycles. The summed E-state index contributed by atoms with van der Waals surface area (Å²) in [6.45, 7) is 0.237. The van der Waals surface area contributed by atoms with E-state index >= 15 is 0 Å². The van der Waals surface area contributed by atoms with E-state index in [1.165, 1.54) is 24.2 Å². The summed E-state index contributed by atoms with van der Waals surface area (Å²) in [6, 6.07) is 13.8. The lowest BCUT2D eigenvalue weighted by molar-refractivity contribution is -0.134. The van der Waals surface area contributed by atoms with Crippen LogP contribution in [-0.2, 0) is 20.9 Å². The second kappa shape index (κ2) is 7.03. The molecule has 0 saturated heterocycles. The van der Waals surface area contributed by atoms with E-state index in [2.05, 4.69) is 4.74 Å². The molecule has 1 aliphatic heterocycles. The normalized spacial score (nSPS) is 13.0. The molecule has 0 bridgehead atoms. The highest BCUT2D eigenvalue weighted by Crippen LogP contribution is 2.31. The number of fused-ring (bicyclic) bond motifs is 1. The highest BCUT2D eigenvalue weighted by Gasteiger charge is 2.35. The van der Waals surface area contributed by atoms with Crippen LogP contribution in [0.25, 0.3) is 6.08 Å². The first kappa shape index (κ1) is 17.1. The third-order valence-corrected chi connectivity index (χ3v) is 4.03. The predicted octanol–water partition coefficient (Wildman–Crippen LogP) is 2.47. The van der Waals surface area contributed by atoms with Gasteiger partial charge in [-0.15, -0.1) is 0 Å². The third kappa shape index (κ3) is 3.23. The summed E-state index contributed by atoms with van der Waals surface area (Å²) in [7, 11) is 1.28. The van der Waals surface area contributed by atoms with Crippen molar-refractivity contribution in [3.05, 3.63) is 70.8 Å². The van der Waals surface area contributed by atoms with E-state index in [0.29, 0.717) is 22.4 Å². The van der Waals surface area contributed by atoms with Crippen molar-refractivity contribution in [2.45, 2.75) is 6.54 Å². The minimum absolute atomic E-state index is 0.237. The third-order valence-electron chi connectivity index (χ3n) is 4.03. The van der Waals surface area contributed by atoms with E-state index in [9.17, 15) is 14.4 Å². The standard InChI is InChI=1S/C20H14N2O4/c1-26-18(23)9-7-13-6-8-17-16(10-13)19(24)20(25)22(17)12-15-4-2-14(11-21)3-5-15/h2-10H,12H2,1H3/b9-7+. The lowest BCUT2D eigenvalue weighted by Crippen LogP contribution is -2.29. The van der Waals surface area contributed by atoms with Crippen LogP contribution in [0.5, 0.6) is 0 Å². The van der Waals surface area contributed by atoms with Gasteiger partial charge in [-0.05, 0) is 41.5 Å². The van der Waals surface area contributed by atoms with Gasteiger partial charge in [-0.1, -0.05) is 18.2 Å². The Morgan fingerprint density at radius 3 is 2.58 bits per heavy atom. The number of ether oxygens (including phenoxy) is 1. The summed E-state index contributed by atoms with van der Waals surface area (Å²) in [5.74, 6) is -1.68. The molecule has 0 unspecified atom stereocenters. The number of carbonyl (C=O) groups is 3. The summed E-state index contributed by atoms with van der Waals surface area (Å²) in [6.07, 6.45) is 2.77. The number of carbonyl (C=O) groups excluding carboxylic acids is 3. The number of esters is 1. The number of methoxy groups -OCH3 is 1. The van der Waals surface area contributed by atoms with Crippen LogP contribution in [0.2, 0.25) is 0 Å².